The summed E-state index contributed by atoms with van der Waals surface area (Å²) in [5.74, 6) is -0.152. The van der Waals surface area contributed by atoms with Crippen molar-refractivity contribution in [3.05, 3.63) is 47.2 Å². The second-order valence-electron chi connectivity index (χ2n) is 5.24. The van der Waals surface area contributed by atoms with Crippen molar-refractivity contribution < 1.29 is 9.59 Å². The van der Waals surface area contributed by atoms with E-state index in [1.165, 1.54) is 0 Å². The number of hydrogen-bond acceptors (Lipinski definition) is 2. The van der Waals surface area contributed by atoms with Gasteiger partial charge in [-0.25, -0.2) is 0 Å². The van der Waals surface area contributed by atoms with E-state index in [2.05, 4.69) is 11.9 Å². The highest BCUT2D eigenvalue weighted by Crippen LogP contribution is 2.28. The van der Waals surface area contributed by atoms with Crippen LogP contribution in [0.3, 0.4) is 0 Å². The summed E-state index contributed by atoms with van der Waals surface area (Å²) >= 11 is 0. The van der Waals surface area contributed by atoms with Gasteiger partial charge < -0.3 is 10.2 Å². The fraction of sp³-hybridized carbons (Fsp3) is 0.333. The van der Waals surface area contributed by atoms with Crippen LogP contribution in [-0.2, 0) is 11.3 Å². The number of carbonyl (C=O) groups excluding carboxylic acids is 2. The molecule has 2 amide bonds. The Morgan fingerprint density at radius 2 is 2.16 bits per heavy atom. The molecule has 0 spiro atoms. The number of aryl methyl sites for hydroxylation is 1. The topological polar surface area (TPSA) is 49.4 Å². The van der Waals surface area contributed by atoms with Gasteiger partial charge in [-0.05, 0) is 31.4 Å². The summed E-state index contributed by atoms with van der Waals surface area (Å²) < 4.78 is 0. The molecule has 0 aromatic heterocycles. The molecular formula is C15H16N2O2. The standard InChI is InChI=1S/C15H16N2O2/c1-9-3-5-11-8-17(15(19)12(11)7-9)13-6-4-10(2)16-14(13)18/h3,5,7,13H,2,4,6,8H2,1H3,(H,16,18). The highest BCUT2D eigenvalue weighted by molar-refractivity contribution is 6.01. The SMILES string of the molecule is C=C1CCC(N2Cc3ccc(C)cc3C2=O)C(=O)N1. The van der Waals surface area contributed by atoms with Crippen molar-refractivity contribution in [3.8, 4) is 0 Å². The molecule has 0 aliphatic carbocycles. The lowest BCUT2D eigenvalue weighted by Crippen LogP contribution is -2.49. The van der Waals surface area contributed by atoms with Crippen LogP contribution in [0.2, 0.25) is 0 Å². The third-order valence-corrected chi connectivity index (χ3v) is 3.80. The van der Waals surface area contributed by atoms with Crippen LogP contribution in [0.1, 0.15) is 34.3 Å². The van der Waals surface area contributed by atoms with E-state index in [0.29, 0.717) is 13.0 Å². The van der Waals surface area contributed by atoms with Crippen molar-refractivity contribution >= 4 is 11.8 Å². The lowest BCUT2D eigenvalue weighted by molar-refractivity contribution is -0.126. The largest absolute Gasteiger partial charge is 0.329 e. The fourth-order valence-corrected chi connectivity index (χ4v) is 2.75. The number of nitrogens with zero attached hydrogens (tertiary/aromatic N) is 1. The third kappa shape index (κ3) is 1.93. The summed E-state index contributed by atoms with van der Waals surface area (Å²) in [5, 5.41) is 2.74. The van der Waals surface area contributed by atoms with Crippen molar-refractivity contribution in [2.75, 3.05) is 0 Å². The van der Waals surface area contributed by atoms with Crippen LogP contribution in [0.15, 0.2) is 30.5 Å². The zero-order chi connectivity index (χ0) is 13.6. The zero-order valence-electron chi connectivity index (χ0n) is 10.9. The number of carbonyl (C=O) groups is 2. The fourth-order valence-electron chi connectivity index (χ4n) is 2.75. The van der Waals surface area contributed by atoms with Gasteiger partial charge in [0.1, 0.15) is 6.04 Å². The van der Waals surface area contributed by atoms with E-state index in [0.717, 1.165) is 28.8 Å². The molecule has 1 aromatic carbocycles. The maximum atomic E-state index is 12.4. The Bertz CT molecular complexity index is 592. The smallest absolute Gasteiger partial charge is 0.255 e. The number of fused-ring (bicyclic) bond motifs is 1. The number of amides is 2. The van der Waals surface area contributed by atoms with Crippen LogP contribution in [0.25, 0.3) is 0 Å². The van der Waals surface area contributed by atoms with Gasteiger partial charge in [0.15, 0.2) is 0 Å². The van der Waals surface area contributed by atoms with Crippen LogP contribution in [0, 0.1) is 6.92 Å². The first-order valence-electron chi connectivity index (χ1n) is 6.45. The second kappa shape index (κ2) is 4.23. The summed E-state index contributed by atoms with van der Waals surface area (Å²) in [5.41, 5.74) is 3.54. The van der Waals surface area contributed by atoms with Gasteiger partial charge in [0.05, 0.1) is 0 Å². The molecule has 0 saturated carbocycles. The lowest BCUT2D eigenvalue weighted by Gasteiger charge is -2.30. The van der Waals surface area contributed by atoms with Crippen LogP contribution in [0.4, 0.5) is 0 Å². The maximum Gasteiger partial charge on any atom is 0.255 e. The van der Waals surface area contributed by atoms with E-state index in [9.17, 15) is 9.59 Å². The van der Waals surface area contributed by atoms with Crippen LogP contribution < -0.4 is 5.32 Å². The summed E-state index contributed by atoms with van der Waals surface area (Å²) in [6, 6.07) is 5.50. The molecule has 1 fully saturated rings. The first-order chi connectivity index (χ1) is 9.06. The Kier molecular flexibility index (Phi) is 2.66. The predicted octanol–water partition coefficient (Wildman–Crippen LogP) is 1.74. The zero-order valence-corrected chi connectivity index (χ0v) is 10.9. The monoisotopic (exact) mass is 256 g/mol. The molecule has 3 rings (SSSR count). The van der Waals surface area contributed by atoms with Gasteiger partial charge in [0.25, 0.3) is 5.91 Å². The predicted molar refractivity (Wildman–Crippen MR) is 71.4 cm³/mol. The van der Waals surface area contributed by atoms with Gasteiger partial charge in [0, 0.05) is 17.8 Å². The molecule has 1 aromatic rings. The minimum Gasteiger partial charge on any atom is -0.329 e. The lowest BCUT2D eigenvalue weighted by atomic mass is 10.0. The molecule has 4 nitrogen and oxygen atoms in total. The Hall–Kier alpha value is -2.10. The number of piperidine rings is 1. The van der Waals surface area contributed by atoms with Crippen molar-refractivity contribution in [1.82, 2.24) is 10.2 Å². The van der Waals surface area contributed by atoms with Crippen molar-refractivity contribution in [2.45, 2.75) is 32.4 Å². The molecule has 4 heteroatoms. The molecule has 2 aliphatic rings. The maximum absolute atomic E-state index is 12.4. The average Bonchev–Trinajstić information content (AvgIpc) is 2.67. The van der Waals surface area contributed by atoms with Gasteiger partial charge in [-0.1, -0.05) is 24.3 Å². The van der Waals surface area contributed by atoms with E-state index >= 15 is 0 Å². The second-order valence-corrected chi connectivity index (χ2v) is 5.24. The highest BCUT2D eigenvalue weighted by atomic mass is 16.2. The Morgan fingerprint density at radius 1 is 1.37 bits per heavy atom. The first-order valence-corrected chi connectivity index (χ1v) is 6.45. The molecule has 1 saturated heterocycles. The van der Waals surface area contributed by atoms with E-state index in [1.807, 2.05) is 25.1 Å². The van der Waals surface area contributed by atoms with Gasteiger partial charge >= 0.3 is 0 Å². The molecule has 0 bridgehead atoms. The van der Waals surface area contributed by atoms with Crippen molar-refractivity contribution in [2.24, 2.45) is 0 Å². The average molecular weight is 256 g/mol. The minimum atomic E-state index is -0.370. The molecule has 2 heterocycles. The number of nitrogens with one attached hydrogen (secondary N) is 1. The normalized spacial score (nSPS) is 22.5. The molecule has 1 N–H and O–H groups in total. The van der Waals surface area contributed by atoms with E-state index in [1.54, 1.807) is 4.90 Å². The number of benzene rings is 1. The molecule has 0 radical (unpaired) electrons. The Labute approximate surface area is 112 Å². The number of hydrogen-bond donors (Lipinski definition) is 1. The van der Waals surface area contributed by atoms with Gasteiger partial charge in [-0.15, -0.1) is 0 Å². The molecular weight excluding hydrogens is 240 g/mol. The minimum absolute atomic E-state index is 0.0358. The van der Waals surface area contributed by atoms with E-state index in [-0.39, 0.29) is 17.9 Å². The van der Waals surface area contributed by atoms with Gasteiger partial charge in [-0.3, -0.25) is 9.59 Å². The first kappa shape index (κ1) is 12.0. The molecule has 1 unspecified atom stereocenters. The summed E-state index contributed by atoms with van der Waals surface area (Å²) in [4.78, 5) is 26.1. The molecule has 1 atom stereocenters. The summed E-state index contributed by atoms with van der Waals surface area (Å²) in [6.07, 6.45) is 1.39. The van der Waals surface area contributed by atoms with Gasteiger partial charge in [0.2, 0.25) is 5.91 Å². The third-order valence-electron chi connectivity index (χ3n) is 3.80. The quantitative estimate of drug-likeness (QED) is 0.832. The summed E-state index contributed by atoms with van der Waals surface area (Å²) in [7, 11) is 0. The van der Waals surface area contributed by atoms with Crippen LogP contribution >= 0.6 is 0 Å². The highest BCUT2D eigenvalue weighted by Gasteiger charge is 2.37. The number of allylic oxidation sites excluding steroid dienone is 1. The Morgan fingerprint density at radius 3 is 2.89 bits per heavy atom. The van der Waals surface area contributed by atoms with Gasteiger partial charge in [-0.2, -0.15) is 0 Å². The van der Waals surface area contributed by atoms with Crippen LogP contribution in [-0.4, -0.2) is 22.8 Å². The molecule has 19 heavy (non-hydrogen) atoms. The van der Waals surface area contributed by atoms with E-state index in [4.69, 9.17) is 0 Å². The summed E-state index contributed by atoms with van der Waals surface area (Å²) in [6.45, 7) is 6.25. The van der Waals surface area contributed by atoms with E-state index < -0.39 is 0 Å². The van der Waals surface area contributed by atoms with Crippen molar-refractivity contribution in [3.63, 3.8) is 0 Å². The number of rotatable bonds is 1. The molecule has 98 valence electrons. The molecule has 2 aliphatic heterocycles. The Balaban J connectivity index is 1.88. The van der Waals surface area contributed by atoms with Crippen molar-refractivity contribution in [1.29, 1.82) is 0 Å². The van der Waals surface area contributed by atoms with Crippen LogP contribution in [0.5, 0.6) is 0 Å².